The first-order chi connectivity index (χ1) is 37.9. The molecule has 0 unspecified atom stereocenters. The van der Waals surface area contributed by atoms with Gasteiger partial charge in [0, 0.05) is 58.2 Å². The van der Waals surface area contributed by atoms with Gasteiger partial charge in [0.05, 0.1) is 31.0 Å². The minimum absolute atomic E-state index is 0.00124. The van der Waals surface area contributed by atoms with Crippen LogP contribution >= 0.6 is 0 Å². The fraction of sp³-hybridized carbons (Fsp3) is 0.508. The summed E-state index contributed by atoms with van der Waals surface area (Å²) in [5, 5.41) is 40.5. The molecule has 2 aliphatic heterocycles. The molecule has 16 nitrogen and oxygen atoms in total. The quantitative estimate of drug-likeness (QED) is 0.0876. The number of aliphatic hydroxyl groups is 2. The second kappa shape index (κ2) is 21.0. The van der Waals surface area contributed by atoms with E-state index in [0.29, 0.717) is 43.4 Å². The first kappa shape index (κ1) is 54.2. The smallest absolute Gasteiger partial charge is 0.303 e. The van der Waals surface area contributed by atoms with Crippen molar-refractivity contribution in [1.82, 2.24) is 16.0 Å². The molecular formula is C63H70N4O12. The molecule has 2 heterocycles. The molecule has 16 heteroatoms. The molecule has 12 rings (SSSR count). The van der Waals surface area contributed by atoms with Crippen LogP contribution in [0.5, 0.6) is 0 Å². The Bertz CT molecular complexity index is 3100. The van der Waals surface area contributed by atoms with Gasteiger partial charge < -0.3 is 45.6 Å². The average molecular weight is 1080 g/mol. The maximum atomic E-state index is 14.1. The van der Waals surface area contributed by atoms with Crippen molar-refractivity contribution in [2.75, 3.05) is 18.1 Å². The highest BCUT2D eigenvalue weighted by atomic mass is 16.7. The van der Waals surface area contributed by atoms with Gasteiger partial charge in [0.1, 0.15) is 12.6 Å². The molecule has 7 aliphatic carbocycles. The van der Waals surface area contributed by atoms with Crippen molar-refractivity contribution < 1.29 is 58.4 Å². The lowest BCUT2D eigenvalue weighted by atomic mass is 9.46. The van der Waals surface area contributed by atoms with Crippen LogP contribution in [0.3, 0.4) is 0 Å². The minimum atomic E-state index is -1.45. The first-order valence-electron chi connectivity index (χ1n) is 28.1. The number of benzene rings is 3. The molecule has 7 fully saturated rings. The van der Waals surface area contributed by atoms with Crippen LogP contribution < -0.4 is 20.9 Å². The first-order valence-corrected chi connectivity index (χ1v) is 28.1. The van der Waals surface area contributed by atoms with Crippen LogP contribution in [0.4, 0.5) is 5.69 Å². The zero-order valence-corrected chi connectivity index (χ0v) is 44.9. The normalized spacial score (nSPS) is 32.8. The number of fused-ring (bicyclic) bond motifs is 12. The molecule has 0 spiro atoms. The van der Waals surface area contributed by atoms with Gasteiger partial charge in [-0.15, -0.1) is 0 Å². The highest BCUT2D eigenvalue weighted by Crippen LogP contribution is 2.70. The van der Waals surface area contributed by atoms with Gasteiger partial charge in [-0.2, -0.15) is 0 Å². The molecule has 10 atom stereocenters. The number of ketones is 2. The Balaban J connectivity index is 0.673. The molecule has 6 N–H and O–H groups in total. The van der Waals surface area contributed by atoms with Crippen LogP contribution in [0.15, 0.2) is 96.6 Å². The van der Waals surface area contributed by atoms with Crippen LogP contribution in [0.2, 0.25) is 0 Å². The Morgan fingerprint density at radius 1 is 0.861 bits per heavy atom. The molecular weight excluding hydrogens is 1000 g/mol. The topological polar surface area (TPSA) is 238 Å². The number of aliphatic hydroxyl groups excluding tert-OH is 2. The zero-order valence-electron chi connectivity index (χ0n) is 44.9. The largest absolute Gasteiger partial charge is 0.481 e. The maximum absolute atomic E-state index is 14.1. The van der Waals surface area contributed by atoms with E-state index >= 15 is 0 Å². The van der Waals surface area contributed by atoms with Crippen molar-refractivity contribution >= 4 is 46.9 Å². The number of allylic oxidation sites excluding steroid dienone is 4. The summed E-state index contributed by atoms with van der Waals surface area (Å²) in [5.41, 5.74) is 2.73. The highest BCUT2D eigenvalue weighted by molar-refractivity contribution is 6.01. The number of amides is 4. The molecule has 4 amide bonds. The summed E-state index contributed by atoms with van der Waals surface area (Å²) < 4.78 is 13.6. The molecule has 3 aromatic rings. The third-order valence-electron chi connectivity index (χ3n) is 19.9. The summed E-state index contributed by atoms with van der Waals surface area (Å²) in [6.45, 7) is 3.25. The van der Waals surface area contributed by atoms with Crippen molar-refractivity contribution in [2.24, 2.45) is 34.0 Å². The van der Waals surface area contributed by atoms with Crippen molar-refractivity contribution in [3.8, 4) is 11.8 Å². The van der Waals surface area contributed by atoms with Gasteiger partial charge in [0.15, 0.2) is 23.5 Å². The maximum Gasteiger partial charge on any atom is 0.303 e. The number of carbonyl (C=O) groups excluding carboxylic acids is 6. The number of Topliss-reactive ketones (excluding diaryl/α,β-unsaturated/α-hetero) is 1. The molecule has 1 saturated heterocycles. The number of nitrogens with zero attached hydrogens (tertiary/aromatic N) is 1. The van der Waals surface area contributed by atoms with Gasteiger partial charge in [-0.3, -0.25) is 33.6 Å². The highest BCUT2D eigenvalue weighted by Gasteiger charge is 2.76. The molecule has 6 saturated carbocycles. The number of carboxylic acids is 1. The van der Waals surface area contributed by atoms with E-state index in [-0.39, 0.29) is 67.1 Å². The number of hydrogen-bond donors (Lipinski definition) is 6. The predicted molar refractivity (Wildman–Crippen MR) is 289 cm³/mol. The standard InChI is InChI=1S/C63H70N4O12/c1-59-24-23-44(69)31-43(59)17-18-45-46-32-51-63(50(71)37-68,60(46,2)34-49(70)56(45)59)79-58(78-51)41-13-11-38(12-14-41)33-61-25-28-62(29-26-61,30-27-61)66-57(77)47(19-22-55(75)76)65-53(73)35-64-52(72)20-21-54(74)67-36-42-9-4-3-7-39(42)15-16-40-8-5-6-10-48(40)67/h3-14,23-24,31,45-47,49,51,56,58,68,70H,17-22,25-30,32-37H2,1-2H3,(H,64,72)(H,65,73)(H,66,77)(H,75,76)/t45-,46-,47-,49-,51+,56+,58+,59-,60-,61?,62?,63+/m0/s1. The summed E-state index contributed by atoms with van der Waals surface area (Å²) in [6, 6.07) is 21.9. The van der Waals surface area contributed by atoms with E-state index in [1.165, 1.54) is 0 Å². The molecule has 0 aromatic heterocycles. The Labute approximate surface area is 460 Å². The predicted octanol–water partition coefficient (Wildman–Crippen LogP) is 6.23. The molecule has 79 heavy (non-hydrogen) atoms. The van der Waals surface area contributed by atoms with E-state index in [1.807, 2.05) is 73.7 Å². The van der Waals surface area contributed by atoms with Gasteiger partial charge in [-0.25, -0.2) is 0 Å². The number of para-hydroxylation sites is 1. The molecule has 414 valence electrons. The van der Waals surface area contributed by atoms with Gasteiger partial charge >= 0.3 is 5.97 Å². The van der Waals surface area contributed by atoms with E-state index in [1.54, 1.807) is 17.1 Å². The number of hydrogen-bond acceptors (Lipinski definition) is 11. The second-order valence-electron chi connectivity index (χ2n) is 24.3. The lowest BCUT2D eigenvalue weighted by Gasteiger charge is -2.59. The Morgan fingerprint density at radius 3 is 2.30 bits per heavy atom. The summed E-state index contributed by atoms with van der Waals surface area (Å²) in [6.07, 6.45) is 10.1. The number of aliphatic carboxylic acids is 1. The van der Waals surface area contributed by atoms with E-state index in [4.69, 9.17) is 9.47 Å². The number of ether oxygens (including phenoxy) is 2. The monoisotopic (exact) mass is 1070 g/mol. The van der Waals surface area contributed by atoms with Gasteiger partial charge in [-0.05, 0) is 136 Å². The molecule has 2 bridgehead atoms. The number of nitrogens with one attached hydrogen (secondary N) is 3. The number of carbonyl (C=O) groups is 7. The van der Waals surface area contributed by atoms with Crippen molar-refractivity contribution in [2.45, 2.75) is 152 Å². The van der Waals surface area contributed by atoms with Crippen LogP contribution in [0.25, 0.3) is 0 Å². The van der Waals surface area contributed by atoms with Gasteiger partial charge in [0.2, 0.25) is 23.6 Å². The van der Waals surface area contributed by atoms with E-state index < -0.39 is 89.1 Å². The van der Waals surface area contributed by atoms with E-state index in [2.05, 4.69) is 46.8 Å². The molecule has 3 aromatic carbocycles. The fourth-order valence-electron chi connectivity index (χ4n) is 15.7. The summed E-state index contributed by atoms with van der Waals surface area (Å²) in [4.78, 5) is 93.6. The summed E-state index contributed by atoms with van der Waals surface area (Å²) in [5.74, 6) is 2.74. The number of rotatable bonds is 16. The van der Waals surface area contributed by atoms with Crippen molar-refractivity contribution in [1.29, 1.82) is 0 Å². The van der Waals surface area contributed by atoms with Crippen molar-refractivity contribution in [3.05, 3.63) is 124 Å². The molecule has 0 radical (unpaired) electrons. The summed E-state index contributed by atoms with van der Waals surface area (Å²) in [7, 11) is 0. The number of anilines is 1. The SMILES string of the molecule is C[C@]12C=CC(=O)C=C1CC[C@@H]1[C@@H]2[C@@H](O)C[C@@]2(C)[C@H]1C[C@H]1O[C@@H](c3ccc(CC45CCC(NC(=O)[C@H](CCC(=O)O)NC(=O)CNC(=O)CCC(=O)N6Cc7ccccc7C#Cc7ccccc76)(CC4)CC5)cc3)O[C@]12C(=O)CO. The van der Waals surface area contributed by atoms with Crippen LogP contribution in [0, 0.1) is 45.8 Å². The third-order valence-corrected chi connectivity index (χ3v) is 19.9. The average Bonchev–Trinajstić information content (AvgIpc) is 3.02. The van der Waals surface area contributed by atoms with E-state index in [0.717, 1.165) is 66.4 Å². The Kier molecular flexibility index (Phi) is 14.4. The van der Waals surface area contributed by atoms with Crippen LogP contribution in [-0.2, 0) is 56.0 Å². The van der Waals surface area contributed by atoms with E-state index in [9.17, 15) is 48.9 Å². The zero-order chi connectivity index (χ0) is 55.5. The van der Waals surface area contributed by atoms with Crippen LogP contribution in [-0.4, -0.2) is 99.0 Å². The minimum Gasteiger partial charge on any atom is -0.481 e. The lowest BCUT2D eigenvalue weighted by molar-refractivity contribution is -0.201. The molecule has 9 aliphatic rings. The lowest BCUT2D eigenvalue weighted by Crippen LogP contribution is -2.63. The van der Waals surface area contributed by atoms with Crippen molar-refractivity contribution in [3.63, 3.8) is 0 Å². The van der Waals surface area contributed by atoms with Gasteiger partial charge in [0.25, 0.3) is 0 Å². The van der Waals surface area contributed by atoms with Gasteiger partial charge in [-0.1, -0.05) is 91.9 Å². The Morgan fingerprint density at radius 2 is 1.57 bits per heavy atom. The second-order valence-corrected chi connectivity index (χ2v) is 24.3. The third kappa shape index (κ3) is 9.84. The summed E-state index contributed by atoms with van der Waals surface area (Å²) >= 11 is 0. The fourth-order valence-corrected chi connectivity index (χ4v) is 15.7. The Hall–Kier alpha value is -6.77. The number of carboxylic acid groups (broad SMARTS) is 1. The van der Waals surface area contributed by atoms with Crippen LogP contribution in [0.1, 0.15) is 138 Å².